The van der Waals surface area contributed by atoms with Crippen molar-refractivity contribution in [2.24, 2.45) is 0 Å². The second kappa shape index (κ2) is 15.8. The monoisotopic (exact) mass is 716 g/mol. The number of nitrogens with zero attached hydrogens (tertiary/aromatic N) is 5. The van der Waals surface area contributed by atoms with Gasteiger partial charge in [0.2, 0.25) is 5.95 Å². The van der Waals surface area contributed by atoms with Crippen LogP contribution in [0.15, 0.2) is 54.0 Å². The minimum absolute atomic E-state index is 0.128. The van der Waals surface area contributed by atoms with Gasteiger partial charge < -0.3 is 24.6 Å². The largest absolute Gasteiger partial charge is 0.495 e. The van der Waals surface area contributed by atoms with Crippen molar-refractivity contribution in [3.8, 4) is 34.5 Å². The van der Waals surface area contributed by atoms with Crippen LogP contribution in [0.2, 0.25) is 10.0 Å². The Morgan fingerprint density at radius 2 is 1.86 bits per heavy atom. The number of piperazine rings is 1. The summed E-state index contributed by atoms with van der Waals surface area (Å²) in [5, 5.41) is 4.10. The summed E-state index contributed by atoms with van der Waals surface area (Å²) in [6, 6.07) is 8.63. The summed E-state index contributed by atoms with van der Waals surface area (Å²) < 4.78 is 12.5. The molecule has 1 unspecified atom stereocenters. The molecule has 0 bridgehead atoms. The number of methoxy groups -OCH3 is 2. The lowest BCUT2D eigenvalue weighted by molar-refractivity contribution is -0.129. The predicted molar refractivity (Wildman–Crippen MR) is 197 cm³/mol. The number of pyridine rings is 1. The normalized spacial score (nSPS) is 14.5. The van der Waals surface area contributed by atoms with Crippen molar-refractivity contribution in [3.05, 3.63) is 80.7 Å². The molecule has 13 heteroatoms. The van der Waals surface area contributed by atoms with Crippen LogP contribution in [-0.2, 0) is 22.6 Å². The first-order valence-corrected chi connectivity index (χ1v) is 16.7. The molecule has 1 aliphatic rings. The molecule has 4 aromatic rings. The summed E-state index contributed by atoms with van der Waals surface area (Å²) in [5.41, 5.74) is 2.71. The number of ketones is 1. The Hall–Kier alpha value is -4.89. The van der Waals surface area contributed by atoms with E-state index in [0.717, 1.165) is 11.1 Å². The van der Waals surface area contributed by atoms with Gasteiger partial charge in [0.25, 0.3) is 11.5 Å². The van der Waals surface area contributed by atoms with Crippen LogP contribution in [0.25, 0.3) is 22.2 Å². The lowest BCUT2D eigenvalue weighted by atomic mass is 10.0. The number of allylic oxidation sites excluding steroid dienone is 1. The minimum atomic E-state index is -0.412. The molecule has 0 radical (unpaired) electrons. The maximum Gasteiger partial charge on any atom is 0.298 e. The van der Waals surface area contributed by atoms with E-state index in [2.05, 4.69) is 33.6 Å². The number of para-hydroxylation sites is 1. The lowest BCUT2D eigenvalue weighted by Crippen LogP contribution is -2.54. The van der Waals surface area contributed by atoms with Crippen LogP contribution >= 0.6 is 23.2 Å². The Morgan fingerprint density at radius 1 is 1.14 bits per heavy atom. The third-order valence-corrected chi connectivity index (χ3v) is 9.47. The number of hydrogen-bond acceptors (Lipinski definition) is 9. The minimum Gasteiger partial charge on any atom is -0.495 e. The molecule has 1 fully saturated rings. The zero-order chi connectivity index (χ0) is 36.1. The molecule has 1 amide bonds. The van der Waals surface area contributed by atoms with E-state index in [4.69, 9.17) is 37.7 Å². The van der Waals surface area contributed by atoms with Crippen LogP contribution in [0, 0.1) is 18.8 Å². The molecule has 1 saturated heterocycles. The summed E-state index contributed by atoms with van der Waals surface area (Å²) in [4.78, 5) is 53.2. The number of aromatic nitrogens is 3. The number of nitrogens with one attached hydrogen (secondary N) is 1. The van der Waals surface area contributed by atoms with Crippen molar-refractivity contribution in [2.45, 2.75) is 39.3 Å². The number of carbonyl (C=O) groups is 2. The summed E-state index contributed by atoms with van der Waals surface area (Å²) in [5.74, 6) is 5.78. The number of hydrogen-bond donors (Lipinski definition) is 1. The van der Waals surface area contributed by atoms with Gasteiger partial charge in [-0.2, -0.15) is 4.98 Å². The van der Waals surface area contributed by atoms with Gasteiger partial charge in [-0.25, -0.2) is 4.98 Å². The molecule has 5 rings (SSSR count). The number of halogens is 2. The van der Waals surface area contributed by atoms with Crippen LogP contribution < -0.4 is 20.3 Å². The van der Waals surface area contributed by atoms with Crippen molar-refractivity contribution < 1.29 is 19.1 Å². The second-order valence-electron chi connectivity index (χ2n) is 11.9. The fourth-order valence-corrected chi connectivity index (χ4v) is 6.84. The number of ether oxygens (including phenoxy) is 2. The molecule has 1 N–H and O–H groups in total. The average Bonchev–Trinajstić information content (AvgIpc) is 3.10. The molecule has 0 spiro atoms. The first kappa shape index (κ1) is 36.4. The molecule has 2 aromatic heterocycles. The van der Waals surface area contributed by atoms with E-state index in [9.17, 15) is 14.4 Å². The van der Waals surface area contributed by atoms with Gasteiger partial charge in [0, 0.05) is 67.5 Å². The molecule has 0 saturated carbocycles. The lowest BCUT2D eigenvalue weighted by Gasteiger charge is -2.39. The number of aryl methyl sites for hydroxylation is 2. The maximum absolute atomic E-state index is 14.6. The number of amides is 1. The van der Waals surface area contributed by atoms with Crippen LogP contribution in [0.5, 0.6) is 11.5 Å². The summed E-state index contributed by atoms with van der Waals surface area (Å²) in [6.45, 7) is 9.17. The molecule has 11 nitrogen and oxygen atoms in total. The number of benzene rings is 2. The Kier molecular flexibility index (Phi) is 11.5. The van der Waals surface area contributed by atoms with Gasteiger partial charge >= 0.3 is 0 Å². The summed E-state index contributed by atoms with van der Waals surface area (Å²) >= 11 is 13.6. The Bertz CT molecular complexity index is 2080. The number of carbonyl (C=O) groups excluding carboxylic acids is 2. The van der Waals surface area contributed by atoms with Crippen molar-refractivity contribution in [1.82, 2.24) is 24.3 Å². The van der Waals surface area contributed by atoms with Gasteiger partial charge in [0.1, 0.15) is 17.1 Å². The van der Waals surface area contributed by atoms with Crippen LogP contribution in [0.1, 0.15) is 24.5 Å². The number of fused-ring (bicyclic) bond motifs is 1. The third-order valence-electron chi connectivity index (χ3n) is 8.72. The molecule has 0 aliphatic carbocycles. The summed E-state index contributed by atoms with van der Waals surface area (Å²) in [6.07, 6.45) is 3.48. The van der Waals surface area contributed by atoms with Gasteiger partial charge in [0.15, 0.2) is 5.78 Å². The van der Waals surface area contributed by atoms with Gasteiger partial charge in [-0.1, -0.05) is 53.9 Å². The van der Waals surface area contributed by atoms with Gasteiger partial charge in [-0.15, -0.1) is 0 Å². The fraction of sp³-hybridized carbons (Fsp3) is 0.324. The van der Waals surface area contributed by atoms with Gasteiger partial charge in [0.05, 0.1) is 29.8 Å². The molecule has 1 atom stereocenters. The zero-order valence-electron chi connectivity index (χ0n) is 28.6. The van der Waals surface area contributed by atoms with Gasteiger partial charge in [-0.05, 0) is 56.5 Å². The molecule has 1 aliphatic heterocycles. The van der Waals surface area contributed by atoms with E-state index in [-0.39, 0.29) is 69.3 Å². The maximum atomic E-state index is 14.6. The smallest absolute Gasteiger partial charge is 0.298 e. The van der Waals surface area contributed by atoms with Gasteiger partial charge in [-0.3, -0.25) is 19.0 Å². The van der Waals surface area contributed by atoms with E-state index >= 15 is 0 Å². The summed E-state index contributed by atoms with van der Waals surface area (Å²) in [7, 11) is 4.92. The molecule has 3 heterocycles. The first-order chi connectivity index (χ1) is 24.0. The number of likely N-dealkylation sites (N-methyl/N-ethyl adjacent to an activating group) is 1. The SMILES string of the molecule is C=CC(=O)Cc1cccc(C)c1Nc1ncc2cc(-c3c(Cl)c(OC)cc(OC)c3Cl)c(=O)n(CCC3CN(C)CCN3C(=O)C#CC)c2n1. The second-order valence-corrected chi connectivity index (χ2v) is 12.7. The predicted octanol–water partition coefficient (Wildman–Crippen LogP) is 5.69. The Balaban J connectivity index is 1.67. The quantitative estimate of drug-likeness (QED) is 0.154. The van der Waals surface area contributed by atoms with Crippen LogP contribution in [-0.4, -0.2) is 83.0 Å². The number of rotatable bonds is 11. The highest BCUT2D eigenvalue weighted by Crippen LogP contribution is 2.45. The van der Waals surface area contributed by atoms with Crippen LogP contribution in [0.3, 0.4) is 0 Å². The molecule has 2 aromatic carbocycles. The van der Waals surface area contributed by atoms with E-state index in [1.165, 1.54) is 20.3 Å². The van der Waals surface area contributed by atoms with Crippen molar-refractivity contribution in [2.75, 3.05) is 46.2 Å². The highest BCUT2D eigenvalue weighted by Gasteiger charge is 2.29. The topological polar surface area (TPSA) is 119 Å². The number of anilines is 2. The highest BCUT2D eigenvalue weighted by molar-refractivity contribution is 6.41. The highest BCUT2D eigenvalue weighted by atomic mass is 35.5. The van der Waals surface area contributed by atoms with E-state index in [1.54, 1.807) is 34.7 Å². The van der Waals surface area contributed by atoms with Crippen molar-refractivity contribution in [1.29, 1.82) is 0 Å². The Morgan fingerprint density at radius 3 is 2.52 bits per heavy atom. The molecule has 260 valence electrons. The molecular weight excluding hydrogens is 679 g/mol. The molecular formula is C37H38Cl2N6O5. The van der Waals surface area contributed by atoms with E-state index in [0.29, 0.717) is 42.8 Å². The van der Waals surface area contributed by atoms with Crippen LogP contribution in [0.4, 0.5) is 11.6 Å². The van der Waals surface area contributed by atoms with E-state index < -0.39 is 5.56 Å². The first-order valence-electron chi connectivity index (χ1n) is 15.9. The Labute approximate surface area is 300 Å². The van der Waals surface area contributed by atoms with Crippen molar-refractivity contribution >= 4 is 57.6 Å². The third kappa shape index (κ3) is 7.48. The average molecular weight is 718 g/mol. The molecule has 50 heavy (non-hydrogen) atoms. The van der Waals surface area contributed by atoms with E-state index in [1.807, 2.05) is 32.2 Å². The van der Waals surface area contributed by atoms with Crippen molar-refractivity contribution in [3.63, 3.8) is 0 Å². The fourth-order valence-electron chi connectivity index (χ4n) is 6.14. The standard InChI is InChI=1S/C37H38Cl2N6O5/c1-7-10-30(47)44-16-15-43(4)21-25(44)13-14-45-35-24(18-27(36(45)48)31-32(38)28(49-5)19-29(50-6)33(31)39)20-40-37(42-35)41-34-22(3)11-9-12-23(34)17-26(46)8-2/h8-9,11-12,18-20,25H,2,13-17,21H2,1,3-6H3,(H,40,41,42). The zero-order valence-corrected chi connectivity index (χ0v) is 30.1.